The standard InChI is InChI=1S/C22H26N2O2S/c1-23-21(26)22(11-12-24(15-22)20(25)16-7-4-8-16)14-17-6-2-3-9-18(17)19-10-5-13-27-19/h2-3,5-6,9-10,13,16H,4,7-8,11-12,14-15H2,1H3,(H,23,26)/t22-/m0/s1. The van der Waals surface area contributed by atoms with Crippen molar-refractivity contribution in [1.29, 1.82) is 0 Å². The number of amides is 2. The number of likely N-dealkylation sites (tertiary alicyclic amines) is 1. The van der Waals surface area contributed by atoms with Crippen molar-refractivity contribution in [1.82, 2.24) is 10.2 Å². The number of thiophene rings is 1. The molecule has 2 aromatic rings. The number of hydrogen-bond acceptors (Lipinski definition) is 3. The Labute approximate surface area is 164 Å². The second-order valence-electron chi connectivity index (χ2n) is 7.81. The molecule has 0 bridgehead atoms. The smallest absolute Gasteiger partial charge is 0.228 e. The molecule has 1 saturated heterocycles. The molecular weight excluding hydrogens is 356 g/mol. The lowest BCUT2D eigenvalue weighted by Gasteiger charge is -2.32. The summed E-state index contributed by atoms with van der Waals surface area (Å²) in [5.41, 5.74) is 1.84. The van der Waals surface area contributed by atoms with Crippen molar-refractivity contribution in [3.05, 3.63) is 47.3 Å². The van der Waals surface area contributed by atoms with Crippen molar-refractivity contribution < 1.29 is 9.59 Å². The fourth-order valence-electron chi connectivity index (χ4n) is 4.36. The van der Waals surface area contributed by atoms with Crippen LogP contribution in [-0.2, 0) is 16.0 Å². The van der Waals surface area contributed by atoms with Gasteiger partial charge in [0.15, 0.2) is 0 Å². The van der Waals surface area contributed by atoms with E-state index in [4.69, 9.17) is 0 Å². The van der Waals surface area contributed by atoms with Gasteiger partial charge in [-0.2, -0.15) is 0 Å². The lowest BCUT2D eigenvalue weighted by atomic mass is 9.78. The summed E-state index contributed by atoms with van der Waals surface area (Å²) >= 11 is 1.72. The van der Waals surface area contributed by atoms with Crippen LogP contribution in [0.5, 0.6) is 0 Å². The Morgan fingerprint density at radius 2 is 2.04 bits per heavy atom. The largest absolute Gasteiger partial charge is 0.359 e. The third-order valence-corrected chi connectivity index (χ3v) is 7.06. The summed E-state index contributed by atoms with van der Waals surface area (Å²) in [6, 6.07) is 12.5. The summed E-state index contributed by atoms with van der Waals surface area (Å²) in [5.74, 6) is 0.481. The second kappa shape index (κ2) is 7.47. The topological polar surface area (TPSA) is 49.4 Å². The van der Waals surface area contributed by atoms with Crippen LogP contribution in [0, 0.1) is 11.3 Å². The maximum absolute atomic E-state index is 12.9. The van der Waals surface area contributed by atoms with Gasteiger partial charge >= 0.3 is 0 Å². The van der Waals surface area contributed by atoms with Crippen molar-refractivity contribution in [2.45, 2.75) is 32.1 Å². The van der Waals surface area contributed by atoms with Crippen LogP contribution in [0.3, 0.4) is 0 Å². The van der Waals surface area contributed by atoms with E-state index in [0.717, 1.165) is 25.7 Å². The van der Waals surface area contributed by atoms with Crippen LogP contribution < -0.4 is 5.32 Å². The highest BCUT2D eigenvalue weighted by Crippen LogP contribution is 2.40. The molecule has 1 saturated carbocycles. The predicted octanol–water partition coefficient (Wildman–Crippen LogP) is 3.72. The molecule has 1 aliphatic heterocycles. The number of nitrogens with one attached hydrogen (secondary N) is 1. The molecule has 1 N–H and O–H groups in total. The quantitative estimate of drug-likeness (QED) is 0.857. The normalized spacial score (nSPS) is 22.5. The van der Waals surface area contributed by atoms with E-state index in [-0.39, 0.29) is 17.7 Å². The summed E-state index contributed by atoms with van der Waals surface area (Å²) in [4.78, 5) is 28.8. The van der Waals surface area contributed by atoms with Crippen molar-refractivity contribution in [3.63, 3.8) is 0 Å². The molecule has 2 aliphatic rings. The summed E-state index contributed by atoms with van der Waals surface area (Å²) in [6.07, 6.45) is 4.55. The van der Waals surface area contributed by atoms with Crippen molar-refractivity contribution in [2.75, 3.05) is 20.1 Å². The average molecular weight is 383 g/mol. The molecule has 0 radical (unpaired) electrons. The van der Waals surface area contributed by atoms with Gasteiger partial charge in [-0.3, -0.25) is 9.59 Å². The Kier molecular flexibility index (Phi) is 5.04. The minimum absolute atomic E-state index is 0.0485. The van der Waals surface area contributed by atoms with E-state index < -0.39 is 5.41 Å². The fraction of sp³-hybridized carbons (Fsp3) is 0.455. The molecule has 2 fully saturated rings. The van der Waals surface area contributed by atoms with E-state index in [1.165, 1.54) is 16.0 Å². The molecule has 0 unspecified atom stereocenters. The van der Waals surface area contributed by atoms with Crippen LogP contribution >= 0.6 is 11.3 Å². The number of rotatable bonds is 5. The van der Waals surface area contributed by atoms with Gasteiger partial charge in [0.25, 0.3) is 0 Å². The van der Waals surface area contributed by atoms with E-state index >= 15 is 0 Å². The van der Waals surface area contributed by atoms with E-state index in [1.807, 2.05) is 17.0 Å². The molecular formula is C22H26N2O2S. The number of carbonyl (C=O) groups excluding carboxylic acids is 2. The summed E-state index contributed by atoms with van der Waals surface area (Å²) in [6.45, 7) is 1.21. The second-order valence-corrected chi connectivity index (χ2v) is 8.76. The van der Waals surface area contributed by atoms with Gasteiger partial charge in [0, 0.05) is 30.9 Å². The fourth-order valence-corrected chi connectivity index (χ4v) is 5.15. The molecule has 4 nitrogen and oxygen atoms in total. The van der Waals surface area contributed by atoms with Crippen LogP contribution in [-0.4, -0.2) is 36.9 Å². The Hall–Kier alpha value is -2.14. The van der Waals surface area contributed by atoms with Gasteiger partial charge < -0.3 is 10.2 Å². The first-order chi connectivity index (χ1) is 13.1. The van der Waals surface area contributed by atoms with Gasteiger partial charge in [-0.15, -0.1) is 11.3 Å². The van der Waals surface area contributed by atoms with Crippen LogP contribution in [0.1, 0.15) is 31.2 Å². The zero-order valence-electron chi connectivity index (χ0n) is 15.7. The minimum Gasteiger partial charge on any atom is -0.359 e. The third kappa shape index (κ3) is 3.41. The van der Waals surface area contributed by atoms with Gasteiger partial charge in [-0.25, -0.2) is 0 Å². The van der Waals surface area contributed by atoms with Crippen LogP contribution in [0.15, 0.2) is 41.8 Å². The molecule has 27 heavy (non-hydrogen) atoms. The number of carbonyl (C=O) groups is 2. The maximum Gasteiger partial charge on any atom is 0.228 e. The Balaban J connectivity index is 1.61. The van der Waals surface area contributed by atoms with Crippen molar-refractivity contribution in [3.8, 4) is 10.4 Å². The highest BCUT2D eigenvalue weighted by atomic mass is 32.1. The highest BCUT2D eigenvalue weighted by molar-refractivity contribution is 7.13. The molecule has 1 atom stereocenters. The first-order valence-corrected chi connectivity index (χ1v) is 10.6. The first kappa shape index (κ1) is 18.2. The molecule has 1 aromatic heterocycles. The molecule has 5 heteroatoms. The predicted molar refractivity (Wildman–Crippen MR) is 108 cm³/mol. The van der Waals surface area contributed by atoms with Crippen molar-refractivity contribution >= 4 is 23.2 Å². The highest BCUT2D eigenvalue weighted by Gasteiger charge is 2.47. The van der Waals surface area contributed by atoms with Crippen LogP contribution in [0.25, 0.3) is 10.4 Å². The van der Waals surface area contributed by atoms with E-state index in [1.54, 1.807) is 18.4 Å². The Morgan fingerprint density at radius 1 is 1.22 bits per heavy atom. The summed E-state index contributed by atoms with van der Waals surface area (Å²) < 4.78 is 0. The zero-order valence-corrected chi connectivity index (χ0v) is 16.6. The van der Waals surface area contributed by atoms with E-state index in [0.29, 0.717) is 19.5 Å². The third-order valence-electron chi connectivity index (χ3n) is 6.16. The molecule has 0 spiro atoms. The maximum atomic E-state index is 12.9. The zero-order chi connectivity index (χ0) is 18.9. The first-order valence-electron chi connectivity index (χ1n) is 9.76. The summed E-state index contributed by atoms with van der Waals surface area (Å²) in [5, 5.41) is 4.94. The molecule has 142 valence electrons. The lowest BCUT2D eigenvalue weighted by Crippen LogP contribution is -2.45. The van der Waals surface area contributed by atoms with Gasteiger partial charge in [-0.05, 0) is 48.3 Å². The van der Waals surface area contributed by atoms with E-state index in [2.05, 4.69) is 35.0 Å². The molecule has 4 rings (SSSR count). The van der Waals surface area contributed by atoms with Gasteiger partial charge in [0.05, 0.1) is 5.41 Å². The van der Waals surface area contributed by atoms with Crippen molar-refractivity contribution in [2.24, 2.45) is 11.3 Å². The molecule has 1 aliphatic carbocycles. The Bertz CT molecular complexity index is 829. The number of hydrogen-bond donors (Lipinski definition) is 1. The molecule has 2 amide bonds. The minimum atomic E-state index is -0.540. The van der Waals surface area contributed by atoms with Crippen LogP contribution in [0.2, 0.25) is 0 Å². The molecule has 2 heterocycles. The lowest BCUT2D eigenvalue weighted by molar-refractivity contribution is -0.138. The van der Waals surface area contributed by atoms with Gasteiger partial charge in [0.2, 0.25) is 11.8 Å². The summed E-state index contributed by atoms with van der Waals surface area (Å²) in [7, 11) is 1.70. The molecule has 1 aromatic carbocycles. The van der Waals surface area contributed by atoms with Gasteiger partial charge in [0.1, 0.15) is 0 Å². The Morgan fingerprint density at radius 3 is 2.70 bits per heavy atom. The van der Waals surface area contributed by atoms with E-state index in [9.17, 15) is 9.59 Å². The SMILES string of the molecule is CNC(=O)[C@]1(Cc2ccccc2-c2cccs2)CCN(C(=O)C2CCC2)C1. The monoisotopic (exact) mass is 382 g/mol. The average Bonchev–Trinajstić information content (AvgIpc) is 3.31. The van der Waals surface area contributed by atoms with Gasteiger partial charge in [-0.1, -0.05) is 36.8 Å². The number of benzene rings is 1. The number of nitrogens with zero attached hydrogens (tertiary/aromatic N) is 1. The van der Waals surface area contributed by atoms with Crippen LogP contribution in [0.4, 0.5) is 0 Å².